The first-order valence-electron chi connectivity index (χ1n) is 5.57. The maximum atomic E-state index is 11.7. The van der Waals surface area contributed by atoms with Gasteiger partial charge in [0.2, 0.25) is 10.0 Å². The first kappa shape index (κ1) is 16.4. The number of sulfonamides is 1. The van der Waals surface area contributed by atoms with Gasteiger partial charge in [-0.2, -0.15) is 0 Å². The van der Waals surface area contributed by atoms with Crippen LogP contribution >= 0.6 is 0 Å². The van der Waals surface area contributed by atoms with Crippen molar-refractivity contribution in [2.45, 2.75) is 12.8 Å². The highest BCUT2D eigenvalue weighted by Crippen LogP contribution is 2.18. The van der Waals surface area contributed by atoms with Gasteiger partial charge < -0.3 is 5.11 Å². The van der Waals surface area contributed by atoms with Crippen LogP contribution in [-0.4, -0.2) is 39.3 Å². The topological polar surface area (TPSA) is 118 Å². The molecule has 0 aliphatic heterocycles. The molecule has 0 unspecified atom stereocenters. The van der Waals surface area contributed by atoms with Crippen molar-refractivity contribution < 1.29 is 26.7 Å². The third kappa shape index (κ3) is 6.02. The quantitative estimate of drug-likeness (QED) is 0.753. The van der Waals surface area contributed by atoms with E-state index in [1.165, 1.54) is 6.07 Å². The van der Waals surface area contributed by atoms with Crippen LogP contribution in [0.3, 0.4) is 0 Å². The number of benzene rings is 1. The summed E-state index contributed by atoms with van der Waals surface area (Å²) >= 11 is 0. The van der Waals surface area contributed by atoms with Crippen molar-refractivity contribution in [3.05, 3.63) is 29.8 Å². The zero-order valence-corrected chi connectivity index (χ0v) is 12.4. The molecule has 0 aliphatic rings. The molecule has 0 fully saturated rings. The van der Waals surface area contributed by atoms with E-state index in [0.29, 0.717) is 5.56 Å². The number of carbonyl (C=O) groups is 1. The van der Waals surface area contributed by atoms with Gasteiger partial charge in [0.15, 0.2) is 14.9 Å². The van der Waals surface area contributed by atoms with Gasteiger partial charge >= 0.3 is 5.97 Å². The Hall–Kier alpha value is -1.61. The molecule has 0 aromatic heterocycles. The van der Waals surface area contributed by atoms with Crippen molar-refractivity contribution in [1.29, 1.82) is 0 Å². The third-order valence-electron chi connectivity index (χ3n) is 2.26. The van der Waals surface area contributed by atoms with Crippen molar-refractivity contribution in [1.82, 2.24) is 0 Å². The van der Waals surface area contributed by atoms with Crippen molar-refractivity contribution in [2.75, 3.05) is 16.1 Å². The normalized spacial score (nSPS) is 12.1. The van der Waals surface area contributed by atoms with Crippen molar-refractivity contribution in [3.8, 4) is 0 Å². The lowest BCUT2D eigenvalue weighted by molar-refractivity contribution is -0.136. The predicted molar refractivity (Wildman–Crippen MR) is 74.7 cm³/mol. The second-order valence-corrected chi connectivity index (χ2v) is 8.54. The van der Waals surface area contributed by atoms with Crippen molar-refractivity contribution >= 4 is 31.5 Å². The fourth-order valence-electron chi connectivity index (χ4n) is 1.56. The molecule has 0 bridgehead atoms. The highest BCUT2D eigenvalue weighted by Gasteiger charge is 2.19. The number of anilines is 1. The molecule has 2 N–H and O–H groups in total. The lowest BCUT2D eigenvalue weighted by Crippen LogP contribution is -2.22. The highest BCUT2D eigenvalue weighted by atomic mass is 32.3. The molecule has 0 spiro atoms. The summed E-state index contributed by atoms with van der Waals surface area (Å²) in [5.74, 6) is -1.00. The van der Waals surface area contributed by atoms with E-state index in [0.717, 1.165) is 6.26 Å². The molecule has 0 aliphatic carbocycles. The van der Waals surface area contributed by atoms with Crippen LogP contribution in [0.1, 0.15) is 12.0 Å². The minimum atomic E-state index is -4.04. The summed E-state index contributed by atoms with van der Waals surface area (Å²) < 4.78 is 47.6. The molecule has 112 valence electrons. The van der Waals surface area contributed by atoms with Crippen LogP contribution in [0.2, 0.25) is 0 Å². The number of aryl methyl sites for hydroxylation is 1. The number of nitrogens with one attached hydrogen (secondary N) is 1. The van der Waals surface area contributed by atoms with Gasteiger partial charge in [-0.25, -0.2) is 16.8 Å². The van der Waals surface area contributed by atoms with Crippen LogP contribution in [0.15, 0.2) is 24.3 Å². The second-order valence-electron chi connectivity index (χ2n) is 4.31. The van der Waals surface area contributed by atoms with Crippen molar-refractivity contribution in [3.63, 3.8) is 0 Å². The standard InChI is InChI=1S/C11H15NO6S2/c1-19(15,16)8-20(17,18)12-10-5-3-2-4-9(10)6-7-11(13)14/h2-5,12H,6-8H2,1H3,(H,13,14). The summed E-state index contributed by atoms with van der Waals surface area (Å²) in [6, 6.07) is 6.26. The van der Waals surface area contributed by atoms with Gasteiger partial charge in [-0.1, -0.05) is 18.2 Å². The van der Waals surface area contributed by atoms with Crippen LogP contribution in [0, 0.1) is 0 Å². The molecule has 1 rings (SSSR count). The van der Waals surface area contributed by atoms with Gasteiger partial charge in [0.25, 0.3) is 0 Å². The lowest BCUT2D eigenvalue weighted by Gasteiger charge is -2.11. The summed E-state index contributed by atoms with van der Waals surface area (Å²) in [6.07, 6.45) is 0.820. The lowest BCUT2D eigenvalue weighted by atomic mass is 10.1. The summed E-state index contributed by atoms with van der Waals surface area (Å²) in [5.41, 5.74) is 0.685. The van der Waals surface area contributed by atoms with E-state index in [4.69, 9.17) is 5.11 Å². The monoisotopic (exact) mass is 321 g/mol. The van der Waals surface area contributed by atoms with E-state index in [9.17, 15) is 21.6 Å². The first-order chi connectivity index (χ1) is 9.09. The summed E-state index contributed by atoms with van der Waals surface area (Å²) in [7, 11) is -7.72. The largest absolute Gasteiger partial charge is 0.481 e. The second kappa shape index (κ2) is 6.23. The Bertz CT molecular complexity index is 693. The Morgan fingerprint density at radius 1 is 1.20 bits per heavy atom. The molecule has 1 aromatic carbocycles. The summed E-state index contributed by atoms with van der Waals surface area (Å²) in [6.45, 7) is 0. The van der Waals surface area contributed by atoms with Gasteiger partial charge in [-0.15, -0.1) is 0 Å². The number of carboxylic acid groups (broad SMARTS) is 1. The van der Waals surface area contributed by atoms with E-state index in [1.807, 2.05) is 0 Å². The molecule has 0 saturated heterocycles. The van der Waals surface area contributed by atoms with Gasteiger partial charge in [-0.05, 0) is 18.1 Å². The number of aliphatic carboxylic acids is 1. The van der Waals surface area contributed by atoms with Gasteiger partial charge in [0.1, 0.15) is 0 Å². The molecule has 0 heterocycles. The minimum Gasteiger partial charge on any atom is -0.481 e. The first-order valence-corrected chi connectivity index (χ1v) is 9.28. The van der Waals surface area contributed by atoms with Gasteiger partial charge in [0.05, 0.1) is 5.69 Å². The SMILES string of the molecule is CS(=O)(=O)CS(=O)(=O)Nc1ccccc1CCC(=O)O. The van der Waals surface area contributed by atoms with E-state index < -0.39 is 30.9 Å². The third-order valence-corrected chi connectivity index (χ3v) is 5.74. The van der Waals surface area contributed by atoms with E-state index in [-0.39, 0.29) is 18.5 Å². The smallest absolute Gasteiger partial charge is 0.303 e. The molecule has 0 atom stereocenters. The number of rotatable bonds is 7. The van der Waals surface area contributed by atoms with Crippen LogP contribution in [0.4, 0.5) is 5.69 Å². The zero-order valence-electron chi connectivity index (χ0n) is 10.7. The van der Waals surface area contributed by atoms with E-state index in [2.05, 4.69) is 4.72 Å². The maximum absolute atomic E-state index is 11.7. The Labute approximate surface area is 117 Å². The highest BCUT2D eigenvalue weighted by molar-refractivity contribution is 8.08. The fourth-order valence-corrected chi connectivity index (χ4v) is 4.58. The summed E-state index contributed by atoms with van der Waals surface area (Å²) in [5, 5.41) is 7.61. The molecule has 7 nitrogen and oxygen atoms in total. The molecular formula is C11H15NO6S2. The van der Waals surface area contributed by atoms with Crippen LogP contribution in [-0.2, 0) is 31.1 Å². The molecule has 0 radical (unpaired) electrons. The van der Waals surface area contributed by atoms with E-state index in [1.54, 1.807) is 18.2 Å². The number of sulfone groups is 1. The number of hydrogen-bond acceptors (Lipinski definition) is 5. The van der Waals surface area contributed by atoms with Crippen LogP contribution in [0.25, 0.3) is 0 Å². The number of carboxylic acids is 1. The number of hydrogen-bond donors (Lipinski definition) is 2. The average Bonchev–Trinajstić information content (AvgIpc) is 2.23. The Kier molecular flexibility index (Phi) is 5.12. The average molecular weight is 321 g/mol. The molecule has 0 amide bonds. The van der Waals surface area contributed by atoms with Crippen LogP contribution in [0.5, 0.6) is 0 Å². The van der Waals surface area contributed by atoms with Crippen molar-refractivity contribution in [2.24, 2.45) is 0 Å². The molecule has 20 heavy (non-hydrogen) atoms. The Balaban J connectivity index is 2.95. The summed E-state index contributed by atoms with van der Waals surface area (Å²) in [4.78, 5) is 10.5. The molecule has 0 saturated carbocycles. The Morgan fingerprint density at radius 3 is 2.35 bits per heavy atom. The molecular weight excluding hydrogens is 306 g/mol. The zero-order chi connectivity index (χ0) is 15.4. The minimum absolute atomic E-state index is 0.146. The van der Waals surface area contributed by atoms with Gasteiger partial charge in [0, 0.05) is 12.7 Å². The predicted octanol–water partition coefficient (Wildman–Crippen LogP) is 0.448. The number of para-hydroxylation sites is 1. The van der Waals surface area contributed by atoms with Gasteiger partial charge in [-0.3, -0.25) is 9.52 Å². The van der Waals surface area contributed by atoms with Crippen LogP contribution < -0.4 is 4.72 Å². The van der Waals surface area contributed by atoms with E-state index >= 15 is 0 Å². The maximum Gasteiger partial charge on any atom is 0.303 e. The molecule has 9 heteroatoms. The Morgan fingerprint density at radius 2 is 1.80 bits per heavy atom. The fraction of sp³-hybridized carbons (Fsp3) is 0.364. The molecule has 1 aromatic rings.